The van der Waals surface area contributed by atoms with Crippen molar-refractivity contribution in [3.63, 3.8) is 0 Å². The highest BCUT2D eigenvalue weighted by Gasteiger charge is 2.15. The van der Waals surface area contributed by atoms with Crippen molar-refractivity contribution in [2.45, 2.75) is 10.9 Å². The molecule has 0 radical (unpaired) electrons. The van der Waals surface area contributed by atoms with Crippen LogP contribution in [-0.4, -0.2) is 23.6 Å². The van der Waals surface area contributed by atoms with Crippen LogP contribution >= 0.6 is 11.8 Å². The number of halogens is 2. The van der Waals surface area contributed by atoms with E-state index in [-0.39, 0.29) is 11.3 Å². The standard InChI is InChI=1S/C23H19F2N3OS/c1-27(2)17-9-11-18(12-10-17)28-22(29)19-5-3-4-6-21(19)26-23(28)30-14-15-7-8-16(24)13-20(15)25/h3-13H,14H2,1-2H3. The molecule has 7 heteroatoms. The quantitative estimate of drug-likeness (QED) is 0.334. The fourth-order valence-corrected chi connectivity index (χ4v) is 4.12. The summed E-state index contributed by atoms with van der Waals surface area (Å²) in [5.41, 5.74) is 2.40. The highest BCUT2D eigenvalue weighted by molar-refractivity contribution is 7.98. The Labute approximate surface area is 176 Å². The molecule has 0 amide bonds. The SMILES string of the molecule is CN(C)c1ccc(-n2c(SCc3ccc(F)cc3F)nc3ccccc3c2=O)cc1. The zero-order valence-corrected chi connectivity index (χ0v) is 17.3. The van der Waals surface area contributed by atoms with Crippen LogP contribution in [0.3, 0.4) is 0 Å². The number of thioether (sulfide) groups is 1. The summed E-state index contributed by atoms with van der Waals surface area (Å²) in [5.74, 6) is -1.03. The zero-order chi connectivity index (χ0) is 21.3. The fraction of sp³-hybridized carbons (Fsp3) is 0.130. The first-order chi connectivity index (χ1) is 14.4. The Hall–Kier alpha value is -3.19. The van der Waals surface area contributed by atoms with Crippen LogP contribution in [0.5, 0.6) is 0 Å². The number of nitrogens with zero attached hydrogens (tertiary/aromatic N) is 3. The van der Waals surface area contributed by atoms with Crippen LogP contribution in [-0.2, 0) is 5.75 Å². The topological polar surface area (TPSA) is 38.1 Å². The molecule has 0 atom stereocenters. The molecule has 3 aromatic carbocycles. The fourth-order valence-electron chi connectivity index (χ4n) is 3.12. The van der Waals surface area contributed by atoms with Gasteiger partial charge in [-0.3, -0.25) is 9.36 Å². The molecule has 4 aromatic rings. The summed E-state index contributed by atoms with van der Waals surface area (Å²) >= 11 is 1.23. The lowest BCUT2D eigenvalue weighted by molar-refractivity contribution is 0.576. The summed E-state index contributed by atoms with van der Waals surface area (Å²) in [7, 11) is 3.88. The van der Waals surface area contributed by atoms with Crippen molar-refractivity contribution in [3.05, 3.63) is 94.3 Å². The van der Waals surface area contributed by atoms with Crippen LogP contribution in [0.4, 0.5) is 14.5 Å². The first kappa shape index (κ1) is 20.1. The lowest BCUT2D eigenvalue weighted by Gasteiger charge is -2.16. The second kappa shape index (κ2) is 8.28. The Morgan fingerprint density at radius 3 is 2.43 bits per heavy atom. The molecule has 4 rings (SSSR count). The van der Waals surface area contributed by atoms with Crippen molar-refractivity contribution >= 4 is 28.4 Å². The molecule has 0 spiro atoms. The molecule has 1 heterocycles. The third-order valence-electron chi connectivity index (χ3n) is 4.74. The summed E-state index contributed by atoms with van der Waals surface area (Å²) in [6, 6.07) is 18.2. The maximum absolute atomic E-state index is 14.1. The maximum atomic E-state index is 14.1. The van der Waals surface area contributed by atoms with Gasteiger partial charge in [0.25, 0.3) is 5.56 Å². The third kappa shape index (κ3) is 3.93. The Kier molecular flexibility index (Phi) is 5.55. The van der Waals surface area contributed by atoms with Gasteiger partial charge in [-0.05, 0) is 48.0 Å². The Balaban J connectivity index is 1.80. The summed E-state index contributed by atoms with van der Waals surface area (Å²) in [5, 5.41) is 0.950. The average Bonchev–Trinajstić information content (AvgIpc) is 2.73. The van der Waals surface area contributed by atoms with Crippen molar-refractivity contribution in [1.82, 2.24) is 9.55 Å². The number of para-hydroxylation sites is 1. The number of aromatic nitrogens is 2. The molecule has 30 heavy (non-hydrogen) atoms. The molecule has 0 saturated heterocycles. The number of anilines is 1. The van der Waals surface area contributed by atoms with E-state index in [9.17, 15) is 13.6 Å². The smallest absolute Gasteiger partial charge is 0.266 e. The van der Waals surface area contributed by atoms with E-state index < -0.39 is 11.6 Å². The van der Waals surface area contributed by atoms with Gasteiger partial charge in [-0.15, -0.1) is 0 Å². The summed E-state index contributed by atoms with van der Waals surface area (Å²) in [4.78, 5) is 19.9. The van der Waals surface area contributed by atoms with Gasteiger partial charge in [-0.25, -0.2) is 13.8 Å². The largest absolute Gasteiger partial charge is 0.378 e. The van der Waals surface area contributed by atoms with Gasteiger partial charge < -0.3 is 4.90 Å². The summed E-state index contributed by atoms with van der Waals surface area (Å²) in [6.07, 6.45) is 0. The number of hydrogen-bond acceptors (Lipinski definition) is 4. The highest BCUT2D eigenvalue weighted by Crippen LogP contribution is 2.26. The predicted octanol–water partition coefficient (Wildman–Crippen LogP) is 5.02. The van der Waals surface area contributed by atoms with Gasteiger partial charge in [-0.2, -0.15) is 0 Å². The van der Waals surface area contributed by atoms with Crippen LogP contribution in [0.25, 0.3) is 16.6 Å². The van der Waals surface area contributed by atoms with E-state index in [0.717, 1.165) is 11.8 Å². The molecule has 0 aliphatic heterocycles. The molecule has 0 saturated carbocycles. The van der Waals surface area contributed by atoms with Crippen molar-refractivity contribution in [2.24, 2.45) is 0 Å². The lowest BCUT2D eigenvalue weighted by Crippen LogP contribution is -2.22. The van der Waals surface area contributed by atoms with Crippen molar-refractivity contribution in [1.29, 1.82) is 0 Å². The van der Waals surface area contributed by atoms with Crippen LogP contribution in [0.2, 0.25) is 0 Å². The Bertz CT molecular complexity index is 1270. The summed E-state index contributed by atoms with van der Waals surface area (Å²) < 4.78 is 28.8. The first-order valence-electron chi connectivity index (χ1n) is 9.30. The van der Waals surface area contributed by atoms with E-state index in [2.05, 4.69) is 4.98 Å². The van der Waals surface area contributed by atoms with Gasteiger partial charge >= 0.3 is 0 Å². The minimum absolute atomic E-state index is 0.194. The summed E-state index contributed by atoms with van der Waals surface area (Å²) in [6.45, 7) is 0. The molecule has 0 unspecified atom stereocenters. The molecule has 152 valence electrons. The third-order valence-corrected chi connectivity index (χ3v) is 5.73. The van der Waals surface area contributed by atoms with Crippen molar-refractivity contribution < 1.29 is 8.78 Å². The number of hydrogen-bond donors (Lipinski definition) is 0. The molecule has 0 fully saturated rings. The minimum Gasteiger partial charge on any atom is -0.378 e. The molecule has 0 aliphatic rings. The van der Waals surface area contributed by atoms with E-state index >= 15 is 0 Å². The van der Waals surface area contributed by atoms with Crippen LogP contribution < -0.4 is 10.5 Å². The van der Waals surface area contributed by atoms with E-state index in [4.69, 9.17) is 0 Å². The van der Waals surface area contributed by atoms with E-state index in [1.54, 1.807) is 18.2 Å². The van der Waals surface area contributed by atoms with Gasteiger partial charge in [0.1, 0.15) is 11.6 Å². The second-order valence-electron chi connectivity index (χ2n) is 6.99. The van der Waals surface area contributed by atoms with Gasteiger partial charge in [-0.1, -0.05) is 30.0 Å². The lowest BCUT2D eigenvalue weighted by atomic mass is 10.2. The molecule has 0 aliphatic carbocycles. The van der Waals surface area contributed by atoms with Gasteiger partial charge in [0, 0.05) is 31.6 Å². The number of benzene rings is 3. The molecule has 4 nitrogen and oxygen atoms in total. The monoisotopic (exact) mass is 423 g/mol. The number of fused-ring (bicyclic) bond motifs is 1. The average molecular weight is 423 g/mol. The van der Waals surface area contributed by atoms with E-state index in [0.29, 0.717) is 27.3 Å². The molecular formula is C23H19F2N3OS. The molecule has 1 aromatic heterocycles. The van der Waals surface area contributed by atoms with Crippen LogP contribution in [0.1, 0.15) is 5.56 Å². The molecule has 0 N–H and O–H groups in total. The normalized spacial score (nSPS) is 11.1. The molecule has 0 bridgehead atoms. The maximum Gasteiger partial charge on any atom is 0.266 e. The first-order valence-corrected chi connectivity index (χ1v) is 10.3. The number of rotatable bonds is 5. The van der Waals surface area contributed by atoms with Crippen molar-refractivity contribution in [2.75, 3.05) is 19.0 Å². The van der Waals surface area contributed by atoms with E-state index in [1.165, 1.54) is 28.5 Å². The highest BCUT2D eigenvalue weighted by atomic mass is 32.2. The van der Waals surface area contributed by atoms with Crippen LogP contribution in [0, 0.1) is 11.6 Å². The van der Waals surface area contributed by atoms with Gasteiger partial charge in [0.2, 0.25) is 0 Å². The van der Waals surface area contributed by atoms with Gasteiger partial charge in [0.15, 0.2) is 5.16 Å². The predicted molar refractivity (Wildman–Crippen MR) is 118 cm³/mol. The van der Waals surface area contributed by atoms with Crippen molar-refractivity contribution in [3.8, 4) is 5.69 Å². The van der Waals surface area contributed by atoms with Crippen LogP contribution in [0.15, 0.2) is 76.7 Å². The van der Waals surface area contributed by atoms with E-state index in [1.807, 2.05) is 49.3 Å². The Morgan fingerprint density at radius 1 is 1.00 bits per heavy atom. The minimum atomic E-state index is -0.622. The zero-order valence-electron chi connectivity index (χ0n) is 16.5. The van der Waals surface area contributed by atoms with Gasteiger partial charge in [0.05, 0.1) is 16.6 Å². The Morgan fingerprint density at radius 2 is 1.73 bits per heavy atom. The second-order valence-corrected chi connectivity index (χ2v) is 7.93. The molecular weight excluding hydrogens is 404 g/mol.